The molecular weight excluding hydrogens is 450 g/mol. The maximum Gasteiger partial charge on any atom is 0.282 e. The van der Waals surface area contributed by atoms with Crippen LogP contribution in [0.4, 0.5) is 0 Å². The zero-order chi connectivity index (χ0) is 24.9. The molecule has 3 aromatic carbocycles. The van der Waals surface area contributed by atoms with E-state index in [1.807, 2.05) is 83.7 Å². The summed E-state index contributed by atoms with van der Waals surface area (Å²) in [6.07, 6.45) is 5.43. The van der Waals surface area contributed by atoms with Gasteiger partial charge in [-0.2, -0.15) is 14.9 Å². The summed E-state index contributed by atoms with van der Waals surface area (Å²) in [7, 11) is 0. The van der Waals surface area contributed by atoms with Gasteiger partial charge in [0.25, 0.3) is 5.56 Å². The molecular formula is C29H23N5O2. The third kappa shape index (κ3) is 3.65. The van der Waals surface area contributed by atoms with Gasteiger partial charge in [-0.25, -0.2) is 4.68 Å². The Balaban J connectivity index is 1.49. The summed E-state index contributed by atoms with van der Waals surface area (Å²) in [5.74, 6) is 0. The summed E-state index contributed by atoms with van der Waals surface area (Å²) in [5.41, 5.74) is 3.67. The molecule has 2 aliphatic rings. The van der Waals surface area contributed by atoms with Crippen molar-refractivity contribution >= 4 is 10.9 Å². The molecule has 1 aromatic heterocycles. The van der Waals surface area contributed by atoms with Crippen LogP contribution in [0.3, 0.4) is 0 Å². The minimum Gasteiger partial charge on any atom is -0.386 e. The Bertz CT molecular complexity index is 1700. The number of benzene rings is 2. The Kier molecular flexibility index (Phi) is 4.99. The monoisotopic (exact) mass is 473 g/mol. The summed E-state index contributed by atoms with van der Waals surface area (Å²) >= 11 is 0. The predicted octanol–water partition coefficient (Wildman–Crippen LogP) is 4.35. The summed E-state index contributed by atoms with van der Waals surface area (Å²) in [5, 5.41) is 20.5. The Morgan fingerprint density at radius 1 is 0.972 bits per heavy atom. The quantitative estimate of drug-likeness (QED) is 0.404. The molecule has 6 rings (SSSR count). The zero-order valence-electron chi connectivity index (χ0n) is 19.9. The lowest BCUT2D eigenvalue weighted by Crippen LogP contribution is -2.23. The van der Waals surface area contributed by atoms with Crippen molar-refractivity contribution in [1.29, 1.82) is 0 Å². The molecule has 3 heterocycles. The van der Waals surface area contributed by atoms with Crippen molar-refractivity contribution in [2.24, 2.45) is 0 Å². The summed E-state index contributed by atoms with van der Waals surface area (Å²) < 4.78 is 5.17. The molecule has 0 saturated heterocycles. The number of aliphatic hydroxyl groups is 1. The first-order valence-electron chi connectivity index (χ1n) is 11.7. The van der Waals surface area contributed by atoms with Gasteiger partial charge in [0.2, 0.25) is 0 Å². The lowest BCUT2D eigenvalue weighted by Gasteiger charge is -2.20. The summed E-state index contributed by atoms with van der Waals surface area (Å²) in [4.78, 5) is 13.6. The van der Waals surface area contributed by atoms with Crippen LogP contribution in [-0.2, 0) is 12.1 Å². The average molecular weight is 474 g/mol. The number of fused-ring (bicyclic) bond motifs is 3. The van der Waals surface area contributed by atoms with Crippen LogP contribution in [0.2, 0.25) is 0 Å². The van der Waals surface area contributed by atoms with Crippen molar-refractivity contribution in [1.82, 2.24) is 24.1 Å². The molecule has 0 unspecified atom stereocenters. The van der Waals surface area contributed by atoms with Crippen LogP contribution in [0.15, 0.2) is 90.1 Å². The van der Waals surface area contributed by atoms with Crippen molar-refractivity contribution in [2.75, 3.05) is 0 Å². The van der Waals surface area contributed by atoms with Crippen molar-refractivity contribution < 1.29 is 5.11 Å². The zero-order valence-corrected chi connectivity index (χ0v) is 19.9. The van der Waals surface area contributed by atoms with Crippen LogP contribution in [0.5, 0.6) is 0 Å². The second-order valence-corrected chi connectivity index (χ2v) is 9.27. The van der Waals surface area contributed by atoms with E-state index >= 15 is 0 Å². The Hall–Kier alpha value is -4.67. The van der Waals surface area contributed by atoms with E-state index in [0.29, 0.717) is 29.1 Å². The number of hydrogen-bond donors (Lipinski definition) is 1. The molecule has 0 bridgehead atoms. The van der Waals surface area contributed by atoms with E-state index in [2.05, 4.69) is 17.2 Å². The van der Waals surface area contributed by atoms with Crippen molar-refractivity contribution in [3.63, 3.8) is 0 Å². The van der Waals surface area contributed by atoms with Crippen LogP contribution < -0.4 is 5.56 Å². The third-order valence-electron chi connectivity index (χ3n) is 6.31. The second-order valence-electron chi connectivity index (χ2n) is 9.27. The van der Waals surface area contributed by atoms with Gasteiger partial charge >= 0.3 is 0 Å². The number of nitrogens with zero attached hydrogens (tertiary/aromatic N) is 5. The van der Waals surface area contributed by atoms with Gasteiger partial charge < -0.3 is 9.67 Å². The van der Waals surface area contributed by atoms with E-state index < -0.39 is 5.60 Å². The largest absolute Gasteiger partial charge is 0.386 e. The van der Waals surface area contributed by atoms with E-state index in [0.717, 1.165) is 22.2 Å². The van der Waals surface area contributed by atoms with E-state index in [9.17, 15) is 9.90 Å². The average Bonchev–Trinajstić information content (AvgIpc) is 3.53. The number of rotatable bonds is 5. The molecule has 2 aliphatic heterocycles. The molecule has 7 heteroatoms. The van der Waals surface area contributed by atoms with E-state index in [1.54, 1.807) is 24.7 Å². The highest BCUT2D eigenvalue weighted by molar-refractivity contribution is 5.93. The summed E-state index contributed by atoms with van der Waals surface area (Å²) in [6.45, 7) is 3.92. The van der Waals surface area contributed by atoms with E-state index in [1.165, 1.54) is 4.68 Å². The molecule has 7 nitrogen and oxygen atoms in total. The van der Waals surface area contributed by atoms with Gasteiger partial charge in [-0.15, -0.1) is 0 Å². The highest BCUT2D eigenvalue weighted by atomic mass is 16.3. The van der Waals surface area contributed by atoms with Gasteiger partial charge in [0.1, 0.15) is 11.4 Å². The van der Waals surface area contributed by atoms with Crippen molar-refractivity contribution in [3.8, 4) is 22.6 Å². The minimum atomic E-state index is -1.13. The molecule has 0 aliphatic carbocycles. The first-order chi connectivity index (χ1) is 17.4. The molecule has 0 fully saturated rings. The van der Waals surface area contributed by atoms with E-state index in [4.69, 9.17) is 5.10 Å². The fourth-order valence-electron chi connectivity index (χ4n) is 4.58. The van der Waals surface area contributed by atoms with Crippen molar-refractivity contribution in [2.45, 2.75) is 26.0 Å². The fraction of sp³-hybridized carbons (Fsp3) is 0.138. The van der Waals surface area contributed by atoms with E-state index in [-0.39, 0.29) is 5.56 Å². The van der Waals surface area contributed by atoms with Crippen molar-refractivity contribution in [3.05, 3.63) is 119 Å². The van der Waals surface area contributed by atoms with Gasteiger partial charge in [0, 0.05) is 35.1 Å². The van der Waals surface area contributed by atoms with Gasteiger partial charge in [0.05, 0.1) is 28.9 Å². The smallest absolute Gasteiger partial charge is 0.282 e. The number of para-hydroxylation sites is 2. The molecule has 0 spiro atoms. The highest BCUT2D eigenvalue weighted by Crippen LogP contribution is 2.31. The van der Waals surface area contributed by atoms with Gasteiger partial charge in [0.15, 0.2) is 0 Å². The maximum absolute atomic E-state index is 13.6. The Morgan fingerprint density at radius 2 is 1.78 bits per heavy atom. The Labute approximate surface area is 207 Å². The highest BCUT2D eigenvalue weighted by Gasteiger charge is 2.25. The SMILES string of the molecule is CC(C)(O)c1ccccc1-n1nc2c3ccccc3n(Cc3c#cc(-n4cccn4)cc3)cc-2c1=O. The van der Waals surface area contributed by atoms with Gasteiger partial charge in [-0.3, -0.25) is 4.79 Å². The maximum atomic E-state index is 13.6. The normalized spacial score (nSPS) is 11.8. The Morgan fingerprint density at radius 3 is 2.53 bits per heavy atom. The molecule has 176 valence electrons. The van der Waals surface area contributed by atoms with Crippen LogP contribution in [0.1, 0.15) is 25.0 Å². The lowest BCUT2D eigenvalue weighted by molar-refractivity contribution is 0.0784. The molecule has 0 amide bonds. The van der Waals surface area contributed by atoms with Crippen LogP contribution >= 0.6 is 0 Å². The second kappa shape index (κ2) is 8.22. The fourth-order valence-corrected chi connectivity index (χ4v) is 4.58. The van der Waals surface area contributed by atoms with Crippen LogP contribution in [0.25, 0.3) is 33.5 Å². The standard InChI is InChI=1S/C29H23N5O2/c1-29(2,36)24-9-4-6-11-26(24)34-28(35)23-19-32(25-10-5-3-8-22(25)27(23)31-34)18-20-12-14-21(15-13-20)33-17-7-16-30-33/h3-12,14,16-17,19,36H,18H2,1-2H3. The number of pyridine rings is 1. The predicted molar refractivity (Wildman–Crippen MR) is 138 cm³/mol. The van der Waals surface area contributed by atoms with Gasteiger partial charge in [-0.1, -0.05) is 42.5 Å². The molecule has 0 saturated carbocycles. The molecule has 4 aromatic rings. The number of hydrogen-bond acceptors (Lipinski definition) is 4. The van der Waals surface area contributed by atoms with Gasteiger partial charge in [-0.05, 0) is 50.2 Å². The first-order valence-corrected chi connectivity index (χ1v) is 11.7. The first kappa shape index (κ1) is 21.8. The topological polar surface area (TPSA) is 77.9 Å². The van der Waals surface area contributed by atoms with Crippen LogP contribution in [-0.4, -0.2) is 29.2 Å². The lowest BCUT2D eigenvalue weighted by atomic mass is 9.96. The molecule has 1 N–H and O–H groups in total. The molecule has 36 heavy (non-hydrogen) atoms. The summed E-state index contributed by atoms with van der Waals surface area (Å²) in [6, 6.07) is 27.4. The van der Waals surface area contributed by atoms with Crippen LogP contribution in [0, 0.1) is 12.1 Å². The number of aromatic nitrogens is 5. The molecule has 0 atom stereocenters. The molecule has 0 radical (unpaired) electrons. The third-order valence-corrected chi connectivity index (χ3v) is 6.31. The minimum absolute atomic E-state index is 0.231.